The molecule has 0 saturated carbocycles. The molecular formula is C16H16N4. The third kappa shape index (κ3) is 2.20. The Morgan fingerprint density at radius 1 is 1.05 bits per heavy atom. The van der Waals surface area contributed by atoms with Gasteiger partial charge in [-0.25, -0.2) is 0 Å². The molecule has 20 heavy (non-hydrogen) atoms. The summed E-state index contributed by atoms with van der Waals surface area (Å²) in [5, 5.41) is 14.1. The van der Waals surface area contributed by atoms with E-state index in [-0.39, 0.29) is 0 Å². The van der Waals surface area contributed by atoms with E-state index in [0.717, 1.165) is 40.0 Å². The molecule has 3 aromatic rings. The summed E-state index contributed by atoms with van der Waals surface area (Å²) in [7, 11) is 0. The van der Waals surface area contributed by atoms with Gasteiger partial charge < -0.3 is 5.32 Å². The van der Waals surface area contributed by atoms with Crippen molar-refractivity contribution in [2.45, 2.75) is 13.8 Å². The molecule has 0 aliphatic rings. The summed E-state index contributed by atoms with van der Waals surface area (Å²) < 4.78 is 0. The first kappa shape index (κ1) is 12.5. The van der Waals surface area contributed by atoms with Crippen molar-refractivity contribution < 1.29 is 0 Å². The zero-order valence-electron chi connectivity index (χ0n) is 11.6. The Bertz CT molecular complexity index is 752. The fourth-order valence-electron chi connectivity index (χ4n) is 2.30. The lowest BCUT2D eigenvalue weighted by Gasteiger charge is -2.10. The van der Waals surface area contributed by atoms with Gasteiger partial charge in [0.25, 0.3) is 0 Å². The monoisotopic (exact) mass is 264 g/mol. The van der Waals surface area contributed by atoms with Crippen LogP contribution in [0.15, 0.2) is 42.7 Å². The molecule has 0 unspecified atom stereocenters. The van der Waals surface area contributed by atoms with Gasteiger partial charge in [0, 0.05) is 35.3 Å². The normalized spacial score (nSPS) is 10.7. The van der Waals surface area contributed by atoms with E-state index in [1.807, 2.05) is 31.5 Å². The molecule has 4 heteroatoms. The summed E-state index contributed by atoms with van der Waals surface area (Å²) in [6.45, 7) is 4.90. The number of pyridine rings is 1. The van der Waals surface area contributed by atoms with Crippen LogP contribution in [-0.4, -0.2) is 21.7 Å². The van der Waals surface area contributed by atoms with Gasteiger partial charge in [0.15, 0.2) is 5.82 Å². The van der Waals surface area contributed by atoms with Crippen LogP contribution in [0.2, 0.25) is 0 Å². The lowest BCUT2D eigenvalue weighted by molar-refractivity contribution is 1.03. The Kier molecular flexibility index (Phi) is 3.29. The van der Waals surface area contributed by atoms with E-state index in [1.165, 1.54) is 0 Å². The van der Waals surface area contributed by atoms with Gasteiger partial charge >= 0.3 is 0 Å². The van der Waals surface area contributed by atoms with Crippen molar-refractivity contribution in [1.82, 2.24) is 15.2 Å². The summed E-state index contributed by atoms with van der Waals surface area (Å²) in [4.78, 5) is 4.24. The molecule has 1 N–H and O–H groups in total. The highest BCUT2D eigenvalue weighted by Gasteiger charge is 2.10. The molecule has 3 rings (SSSR count). The van der Waals surface area contributed by atoms with Crippen LogP contribution in [0.3, 0.4) is 0 Å². The third-order valence-electron chi connectivity index (χ3n) is 3.18. The fraction of sp³-hybridized carbons (Fsp3) is 0.188. The summed E-state index contributed by atoms with van der Waals surface area (Å²) in [6, 6.07) is 10.3. The molecule has 0 bridgehead atoms. The van der Waals surface area contributed by atoms with Crippen molar-refractivity contribution in [2.24, 2.45) is 0 Å². The molecular weight excluding hydrogens is 248 g/mol. The Hall–Kier alpha value is -2.49. The van der Waals surface area contributed by atoms with E-state index in [2.05, 4.69) is 45.6 Å². The van der Waals surface area contributed by atoms with Gasteiger partial charge in [-0.15, -0.1) is 10.2 Å². The largest absolute Gasteiger partial charge is 0.368 e. The number of aryl methyl sites for hydroxylation is 1. The number of anilines is 1. The number of aromatic nitrogens is 3. The SMILES string of the molecule is CCNc1nnc(-c2cncc(C)c2)c2ccccc12. The maximum absolute atomic E-state index is 4.38. The van der Waals surface area contributed by atoms with Gasteiger partial charge in [-0.2, -0.15) is 0 Å². The van der Waals surface area contributed by atoms with Gasteiger partial charge in [-0.3, -0.25) is 4.98 Å². The van der Waals surface area contributed by atoms with E-state index in [4.69, 9.17) is 0 Å². The Balaban J connectivity index is 2.25. The zero-order chi connectivity index (χ0) is 13.9. The van der Waals surface area contributed by atoms with Crippen LogP contribution in [0.1, 0.15) is 12.5 Å². The lowest BCUT2D eigenvalue weighted by atomic mass is 10.1. The van der Waals surface area contributed by atoms with Crippen LogP contribution in [0.5, 0.6) is 0 Å². The molecule has 4 nitrogen and oxygen atoms in total. The van der Waals surface area contributed by atoms with Crippen LogP contribution in [0.25, 0.3) is 22.0 Å². The van der Waals surface area contributed by atoms with Gasteiger partial charge in [0.05, 0.1) is 0 Å². The quantitative estimate of drug-likeness (QED) is 0.787. The van der Waals surface area contributed by atoms with Crippen molar-refractivity contribution in [3.63, 3.8) is 0 Å². The van der Waals surface area contributed by atoms with Crippen molar-refractivity contribution >= 4 is 16.6 Å². The number of nitrogens with zero attached hydrogens (tertiary/aromatic N) is 3. The predicted octanol–water partition coefficient (Wildman–Crippen LogP) is 3.43. The van der Waals surface area contributed by atoms with Gasteiger partial charge in [0.1, 0.15) is 5.69 Å². The zero-order valence-corrected chi connectivity index (χ0v) is 11.6. The first-order valence-electron chi connectivity index (χ1n) is 6.71. The maximum Gasteiger partial charge on any atom is 0.156 e. The minimum atomic E-state index is 0.823. The van der Waals surface area contributed by atoms with E-state index < -0.39 is 0 Å². The molecule has 100 valence electrons. The smallest absolute Gasteiger partial charge is 0.156 e. The lowest BCUT2D eigenvalue weighted by Crippen LogP contribution is -2.02. The molecule has 0 aliphatic heterocycles. The van der Waals surface area contributed by atoms with E-state index in [9.17, 15) is 0 Å². The number of nitrogens with one attached hydrogen (secondary N) is 1. The summed E-state index contributed by atoms with van der Waals surface area (Å²) >= 11 is 0. The summed E-state index contributed by atoms with van der Waals surface area (Å²) in [5.41, 5.74) is 2.99. The topological polar surface area (TPSA) is 50.7 Å². The second-order valence-electron chi connectivity index (χ2n) is 4.72. The van der Waals surface area contributed by atoms with Crippen molar-refractivity contribution in [1.29, 1.82) is 0 Å². The minimum Gasteiger partial charge on any atom is -0.368 e. The molecule has 0 spiro atoms. The van der Waals surface area contributed by atoms with E-state index >= 15 is 0 Å². The second kappa shape index (κ2) is 5.25. The van der Waals surface area contributed by atoms with Crippen LogP contribution in [0, 0.1) is 6.92 Å². The van der Waals surface area contributed by atoms with E-state index in [1.54, 1.807) is 0 Å². The highest BCUT2D eigenvalue weighted by Crippen LogP contribution is 2.29. The fourth-order valence-corrected chi connectivity index (χ4v) is 2.30. The first-order valence-corrected chi connectivity index (χ1v) is 6.71. The van der Waals surface area contributed by atoms with Crippen molar-refractivity contribution in [3.05, 3.63) is 48.3 Å². The third-order valence-corrected chi connectivity index (χ3v) is 3.18. The standard InChI is InChI=1S/C16H16N4/c1-3-18-16-14-7-5-4-6-13(14)15(19-20-16)12-8-11(2)9-17-10-12/h4-10H,3H2,1-2H3,(H,18,20). The van der Waals surface area contributed by atoms with Crippen LogP contribution in [0.4, 0.5) is 5.82 Å². The van der Waals surface area contributed by atoms with Crippen LogP contribution in [-0.2, 0) is 0 Å². The molecule has 2 aromatic heterocycles. The van der Waals surface area contributed by atoms with E-state index in [0.29, 0.717) is 0 Å². The predicted molar refractivity (Wildman–Crippen MR) is 81.7 cm³/mol. The summed E-state index contributed by atoms with van der Waals surface area (Å²) in [6.07, 6.45) is 3.67. The molecule has 0 radical (unpaired) electrons. The molecule has 1 aromatic carbocycles. The Morgan fingerprint density at radius 3 is 2.60 bits per heavy atom. The molecule has 0 amide bonds. The Labute approximate surface area is 117 Å². The first-order chi connectivity index (χ1) is 9.79. The number of hydrogen-bond acceptors (Lipinski definition) is 4. The highest BCUT2D eigenvalue weighted by atomic mass is 15.2. The second-order valence-corrected chi connectivity index (χ2v) is 4.72. The highest BCUT2D eigenvalue weighted by molar-refractivity contribution is 5.99. The molecule has 0 atom stereocenters. The van der Waals surface area contributed by atoms with Crippen LogP contribution < -0.4 is 5.32 Å². The molecule has 2 heterocycles. The Morgan fingerprint density at radius 2 is 1.85 bits per heavy atom. The molecule has 0 saturated heterocycles. The number of benzene rings is 1. The van der Waals surface area contributed by atoms with Gasteiger partial charge in [-0.05, 0) is 25.5 Å². The number of fused-ring (bicyclic) bond motifs is 1. The number of rotatable bonds is 3. The number of hydrogen-bond donors (Lipinski definition) is 1. The van der Waals surface area contributed by atoms with Crippen molar-refractivity contribution in [3.8, 4) is 11.3 Å². The average Bonchev–Trinajstić information content (AvgIpc) is 2.48. The molecule has 0 fully saturated rings. The van der Waals surface area contributed by atoms with Crippen molar-refractivity contribution in [2.75, 3.05) is 11.9 Å². The average molecular weight is 264 g/mol. The van der Waals surface area contributed by atoms with Crippen LogP contribution >= 0.6 is 0 Å². The minimum absolute atomic E-state index is 0.823. The van der Waals surface area contributed by atoms with Gasteiger partial charge in [-0.1, -0.05) is 24.3 Å². The summed E-state index contributed by atoms with van der Waals surface area (Å²) in [5.74, 6) is 0.826. The molecule has 0 aliphatic carbocycles. The maximum atomic E-state index is 4.38. The van der Waals surface area contributed by atoms with Gasteiger partial charge in [0.2, 0.25) is 0 Å².